The molecule has 6 nitrogen and oxygen atoms in total. The molecule has 0 fully saturated rings. The Kier molecular flexibility index (Phi) is 3.21. The van der Waals surface area contributed by atoms with Gasteiger partial charge in [-0.05, 0) is 26.3 Å². The lowest BCUT2D eigenvalue weighted by atomic mass is 10.1. The zero-order chi connectivity index (χ0) is 13.3. The zero-order valence-corrected chi connectivity index (χ0v) is 11.3. The van der Waals surface area contributed by atoms with Gasteiger partial charge in [0, 0.05) is 7.05 Å². The highest BCUT2D eigenvalue weighted by Gasteiger charge is 2.20. The van der Waals surface area contributed by atoms with Gasteiger partial charge in [-0.3, -0.25) is 4.68 Å². The van der Waals surface area contributed by atoms with Crippen molar-refractivity contribution >= 4 is 0 Å². The first-order valence-corrected chi connectivity index (χ1v) is 6.05. The minimum absolute atomic E-state index is 0.570. The van der Waals surface area contributed by atoms with Crippen LogP contribution < -0.4 is 0 Å². The van der Waals surface area contributed by atoms with Crippen LogP contribution >= 0.6 is 0 Å². The van der Waals surface area contributed by atoms with Gasteiger partial charge in [-0.1, -0.05) is 12.1 Å². The average molecular weight is 249 g/mol. The second kappa shape index (κ2) is 4.53. The second-order valence-electron chi connectivity index (χ2n) is 4.96. The van der Waals surface area contributed by atoms with E-state index in [1.165, 1.54) is 0 Å². The monoisotopic (exact) mass is 249 g/mol. The lowest BCUT2D eigenvalue weighted by Crippen LogP contribution is -2.15. The van der Waals surface area contributed by atoms with Gasteiger partial charge in [0.25, 0.3) is 0 Å². The molecule has 2 aromatic heterocycles. The Balaban J connectivity index is 2.18. The summed E-state index contributed by atoms with van der Waals surface area (Å²) in [6.07, 6.45) is 2.68. The number of hydrogen-bond donors (Lipinski definition) is 1. The minimum Gasteiger partial charge on any atom is -0.384 e. The van der Waals surface area contributed by atoms with E-state index in [-0.39, 0.29) is 0 Å². The minimum atomic E-state index is -0.959. The predicted octanol–water partition coefficient (Wildman–Crippen LogP) is 0.850. The maximum Gasteiger partial charge on any atom is 0.114 e. The van der Waals surface area contributed by atoms with Crippen molar-refractivity contribution in [3.63, 3.8) is 0 Å². The summed E-state index contributed by atoms with van der Waals surface area (Å²) in [6.45, 7) is 6.07. The van der Waals surface area contributed by atoms with E-state index in [0.29, 0.717) is 12.2 Å². The highest BCUT2D eigenvalue weighted by molar-refractivity contribution is 5.11. The van der Waals surface area contributed by atoms with Crippen molar-refractivity contribution < 1.29 is 5.11 Å². The van der Waals surface area contributed by atoms with Crippen LogP contribution in [0.2, 0.25) is 0 Å². The number of aliphatic hydroxyl groups is 1. The van der Waals surface area contributed by atoms with Crippen LogP contribution in [0.5, 0.6) is 0 Å². The fourth-order valence-corrected chi connectivity index (χ4v) is 1.71. The molecule has 18 heavy (non-hydrogen) atoms. The van der Waals surface area contributed by atoms with Crippen LogP contribution in [0.1, 0.15) is 37.9 Å². The van der Waals surface area contributed by atoms with Crippen molar-refractivity contribution in [1.82, 2.24) is 24.8 Å². The molecule has 6 heteroatoms. The molecular formula is C12H19N5O. The van der Waals surface area contributed by atoms with Crippen molar-refractivity contribution in [3.05, 3.63) is 29.3 Å². The Bertz CT molecular complexity index is 535. The van der Waals surface area contributed by atoms with E-state index in [2.05, 4.69) is 28.4 Å². The molecule has 0 bridgehead atoms. The molecule has 0 amide bonds. The standard InChI is InChI=1S/C12H19N5O/c1-5-9-6-10(16(4)14-9)7-17-8-11(13-15-17)12(2,3)18/h6,8,18H,5,7H2,1-4H3. The van der Waals surface area contributed by atoms with Crippen LogP contribution in [0.4, 0.5) is 0 Å². The number of rotatable bonds is 4. The Morgan fingerprint density at radius 1 is 1.39 bits per heavy atom. The molecule has 2 heterocycles. The first kappa shape index (κ1) is 12.8. The van der Waals surface area contributed by atoms with Gasteiger partial charge in [-0.2, -0.15) is 5.10 Å². The molecule has 0 saturated carbocycles. The van der Waals surface area contributed by atoms with Gasteiger partial charge in [-0.15, -0.1) is 5.10 Å². The van der Waals surface area contributed by atoms with E-state index in [1.807, 2.05) is 11.7 Å². The van der Waals surface area contributed by atoms with Crippen LogP contribution in [-0.2, 0) is 25.6 Å². The molecule has 1 N–H and O–H groups in total. The third kappa shape index (κ3) is 2.59. The molecule has 0 unspecified atom stereocenters. The van der Waals surface area contributed by atoms with Crippen LogP contribution in [0.25, 0.3) is 0 Å². The quantitative estimate of drug-likeness (QED) is 0.872. The van der Waals surface area contributed by atoms with E-state index < -0.39 is 5.60 Å². The van der Waals surface area contributed by atoms with Crippen LogP contribution in [-0.4, -0.2) is 29.9 Å². The summed E-state index contributed by atoms with van der Waals surface area (Å²) in [7, 11) is 1.92. The summed E-state index contributed by atoms with van der Waals surface area (Å²) in [5.74, 6) is 0. The summed E-state index contributed by atoms with van der Waals surface area (Å²) in [5.41, 5.74) is 1.74. The highest BCUT2D eigenvalue weighted by atomic mass is 16.3. The maximum absolute atomic E-state index is 9.83. The normalized spacial score (nSPS) is 12.1. The summed E-state index contributed by atoms with van der Waals surface area (Å²) in [6, 6.07) is 2.06. The number of nitrogens with zero attached hydrogens (tertiary/aromatic N) is 5. The first-order chi connectivity index (χ1) is 8.40. The molecule has 2 rings (SSSR count). The summed E-state index contributed by atoms with van der Waals surface area (Å²) < 4.78 is 3.56. The Morgan fingerprint density at radius 2 is 2.11 bits per heavy atom. The van der Waals surface area contributed by atoms with E-state index >= 15 is 0 Å². The third-order valence-corrected chi connectivity index (χ3v) is 2.88. The van der Waals surface area contributed by atoms with E-state index in [9.17, 15) is 5.11 Å². The molecule has 2 aromatic rings. The van der Waals surface area contributed by atoms with Gasteiger partial charge in [-0.25, -0.2) is 4.68 Å². The Labute approximate surface area is 106 Å². The van der Waals surface area contributed by atoms with Crippen LogP contribution in [0, 0.1) is 0 Å². The van der Waals surface area contributed by atoms with Crippen LogP contribution in [0.3, 0.4) is 0 Å². The molecule has 0 radical (unpaired) electrons. The van der Waals surface area contributed by atoms with Gasteiger partial charge >= 0.3 is 0 Å². The van der Waals surface area contributed by atoms with E-state index in [4.69, 9.17) is 0 Å². The Hall–Kier alpha value is -1.69. The lowest BCUT2D eigenvalue weighted by Gasteiger charge is -2.11. The zero-order valence-electron chi connectivity index (χ0n) is 11.3. The fourth-order valence-electron chi connectivity index (χ4n) is 1.71. The van der Waals surface area contributed by atoms with Gasteiger partial charge in [0.05, 0.1) is 24.1 Å². The third-order valence-electron chi connectivity index (χ3n) is 2.88. The summed E-state index contributed by atoms with van der Waals surface area (Å²) >= 11 is 0. The topological polar surface area (TPSA) is 68.8 Å². The molecule has 0 saturated heterocycles. The summed E-state index contributed by atoms with van der Waals surface area (Å²) in [4.78, 5) is 0. The highest BCUT2D eigenvalue weighted by Crippen LogP contribution is 2.16. The van der Waals surface area contributed by atoms with Crippen molar-refractivity contribution in [3.8, 4) is 0 Å². The van der Waals surface area contributed by atoms with Crippen LogP contribution in [0.15, 0.2) is 12.3 Å². The van der Waals surface area contributed by atoms with Crippen molar-refractivity contribution in [2.45, 2.75) is 39.3 Å². The fraction of sp³-hybridized carbons (Fsp3) is 0.583. The van der Waals surface area contributed by atoms with Crippen molar-refractivity contribution in [2.75, 3.05) is 0 Å². The van der Waals surface area contributed by atoms with Gasteiger partial charge in [0.15, 0.2) is 0 Å². The first-order valence-electron chi connectivity index (χ1n) is 6.05. The van der Waals surface area contributed by atoms with Crippen molar-refractivity contribution in [2.24, 2.45) is 7.05 Å². The van der Waals surface area contributed by atoms with Gasteiger partial charge in [0.2, 0.25) is 0 Å². The number of hydrogen-bond acceptors (Lipinski definition) is 4. The van der Waals surface area contributed by atoms with Crippen molar-refractivity contribution in [1.29, 1.82) is 0 Å². The number of aryl methyl sites for hydroxylation is 2. The van der Waals surface area contributed by atoms with E-state index in [1.54, 1.807) is 24.7 Å². The molecule has 0 aliphatic heterocycles. The molecule has 0 spiro atoms. The molecule has 0 aromatic carbocycles. The van der Waals surface area contributed by atoms with Gasteiger partial charge < -0.3 is 5.11 Å². The van der Waals surface area contributed by atoms with E-state index in [0.717, 1.165) is 17.8 Å². The van der Waals surface area contributed by atoms with Gasteiger partial charge in [0.1, 0.15) is 11.3 Å². The molecule has 0 aliphatic carbocycles. The largest absolute Gasteiger partial charge is 0.384 e. The predicted molar refractivity (Wildman–Crippen MR) is 67.0 cm³/mol. The molecule has 98 valence electrons. The molecule has 0 atom stereocenters. The molecule has 0 aliphatic rings. The smallest absolute Gasteiger partial charge is 0.114 e. The lowest BCUT2D eigenvalue weighted by molar-refractivity contribution is 0.0737. The SMILES string of the molecule is CCc1cc(Cn2cc(C(C)(C)O)nn2)n(C)n1. The second-order valence-corrected chi connectivity index (χ2v) is 4.96. The maximum atomic E-state index is 9.83. The Morgan fingerprint density at radius 3 is 2.61 bits per heavy atom. The average Bonchev–Trinajstić information content (AvgIpc) is 2.86. The molecular weight excluding hydrogens is 230 g/mol. The number of aromatic nitrogens is 5. The summed E-state index contributed by atoms with van der Waals surface area (Å²) in [5, 5.41) is 22.2.